The van der Waals surface area contributed by atoms with E-state index in [1.54, 1.807) is 25.6 Å². The quantitative estimate of drug-likeness (QED) is 0.327. The van der Waals surface area contributed by atoms with Crippen molar-refractivity contribution in [3.05, 3.63) is 82.9 Å². The van der Waals surface area contributed by atoms with Gasteiger partial charge < -0.3 is 10.5 Å². The number of rotatable bonds is 6. The number of benzene rings is 1. The number of pyridine rings is 3. The second kappa shape index (κ2) is 9.32. The number of aromatic nitrogens is 3. The summed E-state index contributed by atoms with van der Waals surface area (Å²) in [4.78, 5) is 18.3. The smallest absolute Gasteiger partial charge is 0.146 e. The number of halogens is 1. The van der Waals surface area contributed by atoms with Crippen molar-refractivity contribution in [3.63, 3.8) is 0 Å². The van der Waals surface area contributed by atoms with E-state index in [0.29, 0.717) is 16.6 Å². The van der Waals surface area contributed by atoms with Gasteiger partial charge in [-0.25, -0.2) is 9.97 Å². The van der Waals surface area contributed by atoms with Crippen LogP contribution < -0.4 is 10.5 Å². The Labute approximate surface area is 189 Å². The van der Waals surface area contributed by atoms with Gasteiger partial charge in [-0.1, -0.05) is 41.6 Å². The van der Waals surface area contributed by atoms with Crippen molar-refractivity contribution in [2.45, 2.75) is 23.5 Å². The molecular formula is C23H20ClN5OS. The first-order valence-corrected chi connectivity index (χ1v) is 10.7. The number of amidine groups is 1. The molecule has 4 rings (SSSR count). The number of aliphatic imine (C=N–C) groups is 1. The highest BCUT2D eigenvalue weighted by atomic mass is 35.5. The normalized spacial score (nSPS) is 11.6. The molecule has 8 heteroatoms. The average Bonchev–Trinajstić information content (AvgIpc) is 2.78. The predicted octanol–water partition coefficient (Wildman–Crippen LogP) is 5.05. The first-order valence-electron chi connectivity index (χ1n) is 9.54. The van der Waals surface area contributed by atoms with Gasteiger partial charge in [-0.15, -0.1) is 0 Å². The van der Waals surface area contributed by atoms with Crippen molar-refractivity contribution in [1.82, 2.24) is 15.0 Å². The van der Waals surface area contributed by atoms with E-state index in [9.17, 15) is 0 Å². The minimum atomic E-state index is 0.262. The molecule has 0 fully saturated rings. The van der Waals surface area contributed by atoms with Gasteiger partial charge in [0.1, 0.15) is 28.7 Å². The maximum absolute atomic E-state index is 6.47. The number of ether oxygens (including phenoxy) is 1. The second-order valence-electron chi connectivity index (χ2n) is 6.73. The van der Waals surface area contributed by atoms with E-state index in [4.69, 9.17) is 22.1 Å². The molecule has 0 amide bonds. The zero-order valence-electron chi connectivity index (χ0n) is 17.0. The molecule has 0 spiro atoms. The molecule has 31 heavy (non-hydrogen) atoms. The van der Waals surface area contributed by atoms with Crippen LogP contribution in [-0.4, -0.2) is 27.8 Å². The molecule has 0 saturated heterocycles. The molecule has 0 atom stereocenters. The lowest BCUT2D eigenvalue weighted by Crippen LogP contribution is -2.14. The van der Waals surface area contributed by atoms with Crippen LogP contribution in [0.1, 0.15) is 16.8 Å². The van der Waals surface area contributed by atoms with E-state index in [1.165, 1.54) is 11.8 Å². The summed E-state index contributed by atoms with van der Waals surface area (Å²) in [5, 5.41) is 2.28. The van der Waals surface area contributed by atoms with Gasteiger partial charge in [-0.2, -0.15) is 0 Å². The minimum absolute atomic E-state index is 0.262. The summed E-state index contributed by atoms with van der Waals surface area (Å²) < 4.78 is 6.20. The molecule has 0 radical (unpaired) electrons. The first-order chi connectivity index (χ1) is 15.1. The summed E-state index contributed by atoms with van der Waals surface area (Å²) in [5.74, 6) is 1.10. The number of hydrogen-bond acceptors (Lipinski definition) is 6. The predicted molar refractivity (Wildman–Crippen MR) is 125 cm³/mol. The SMILES string of the molecule is CN=C(N)c1cc(C)nc2c(OCc3c(Cl)cncc3Sc3ccccn3)cccc12. The maximum Gasteiger partial charge on any atom is 0.146 e. The third kappa shape index (κ3) is 4.62. The molecule has 3 heterocycles. The third-order valence-electron chi connectivity index (χ3n) is 4.64. The van der Waals surface area contributed by atoms with Crippen molar-refractivity contribution < 1.29 is 4.74 Å². The lowest BCUT2D eigenvalue weighted by molar-refractivity contribution is 0.306. The Hall–Kier alpha value is -3.16. The van der Waals surface area contributed by atoms with E-state index < -0.39 is 0 Å². The molecule has 0 saturated carbocycles. The zero-order chi connectivity index (χ0) is 21.8. The van der Waals surface area contributed by atoms with Crippen molar-refractivity contribution >= 4 is 40.1 Å². The van der Waals surface area contributed by atoms with Gasteiger partial charge in [0.15, 0.2) is 0 Å². The van der Waals surface area contributed by atoms with Crippen molar-refractivity contribution in [2.24, 2.45) is 10.7 Å². The maximum atomic E-state index is 6.47. The van der Waals surface area contributed by atoms with Gasteiger partial charge in [0, 0.05) is 52.7 Å². The lowest BCUT2D eigenvalue weighted by atomic mass is 10.1. The van der Waals surface area contributed by atoms with Crippen LogP contribution in [-0.2, 0) is 6.61 Å². The standard InChI is InChI=1S/C23H20ClN5OS/c1-14-10-16(23(25)26-2)15-6-5-7-19(22(15)29-14)30-13-17-18(24)11-27-12-20(17)31-21-8-3-4-9-28-21/h3-12H,13H2,1-2H3,(H2,25,26). The van der Waals surface area contributed by atoms with Gasteiger partial charge in [0.2, 0.25) is 0 Å². The van der Waals surface area contributed by atoms with E-state index >= 15 is 0 Å². The summed E-state index contributed by atoms with van der Waals surface area (Å²) in [5.41, 5.74) is 9.34. The summed E-state index contributed by atoms with van der Waals surface area (Å²) in [6.45, 7) is 2.18. The van der Waals surface area contributed by atoms with Crippen LogP contribution in [0.25, 0.3) is 10.9 Å². The molecule has 2 N–H and O–H groups in total. The average molecular weight is 450 g/mol. The molecule has 156 valence electrons. The Morgan fingerprint density at radius 3 is 2.84 bits per heavy atom. The lowest BCUT2D eigenvalue weighted by Gasteiger charge is -2.14. The van der Waals surface area contributed by atoms with E-state index in [1.807, 2.05) is 49.4 Å². The zero-order valence-corrected chi connectivity index (χ0v) is 18.6. The van der Waals surface area contributed by atoms with Crippen LogP contribution >= 0.6 is 23.4 Å². The Morgan fingerprint density at radius 2 is 2.06 bits per heavy atom. The Balaban J connectivity index is 1.68. The fourth-order valence-corrected chi connectivity index (χ4v) is 4.30. The molecule has 0 aliphatic carbocycles. The fraction of sp³-hybridized carbons (Fsp3) is 0.130. The van der Waals surface area contributed by atoms with Crippen molar-refractivity contribution in [2.75, 3.05) is 7.05 Å². The number of nitrogens with zero attached hydrogens (tertiary/aromatic N) is 4. The number of fused-ring (bicyclic) bond motifs is 1. The Morgan fingerprint density at radius 1 is 1.19 bits per heavy atom. The molecule has 3 aromatic heterocycles. The van der Waals surface area contributed by atoms with Crippen LogP contribution in [0.2, 0.25) is 5.02 Å². The highest BCUT2D eigenvalue weighted by molar-refractivity contribution is 7.99. The molecular weight excluding hydrogens is 430 g/mol. The number of nitrogens with two attached hydrogens (primary N) is 1. The number of hydrogen-bond donors (Lipinski definition) is 1. The summed E-state index contributed by atoms with van der Waals surface area (Å²) in [6.07, 6.45) is 5.14. The molecule has 0 aliphatic rings. The van der Waals surface area contributed by atoms with E-state index in [-0.39, 0.29) is 6.61 Å². The monoisotopic (exact) mass is 449 g/mol. The van der Waals surface area contributed by atoms with Gasteiger partial charge in [0.05, 0.1) is 5.02 Å². The molecule has 1 aromatic carbocycles. The first kappa shape index (κ1) is 21.1. The summed E-state index contributed by atoms with van der Waals surface area (Å²) in [7, 11) is 1.67. The van der Waals surface area contributed by atoms with Gasteiger partial charge in [-0.05, 0) is 31.2 Å². The van der Waals surface area contributed by atoms with Crippen LogP contribution in [0.5, 0.6) is 5.75 Å². The molecule has 4 aromatic rings. The van der Waals surface area contributed by atoms with Gasteiger partial charge in [0.25, 0.3) is 0 Å². The van der Waals surface area contributed by atoms with E-state index in [0.717, 1.165) is 37.6 Å². The third-order valence-corrected chi connectivity index (χ3v) is 5.99. The van der Waals surface area contributed by atoms with Gasteiger partial charge >= 0.3 is 0 Å². The molecule has 0 bridgehead atoms. The van der Waals surface area contributed by atoms with Crippen molar-refractivity contribution in [1.29, 1.82) is 0 Å². The second-order valence-corrected chi connectivity index (χ2v) is 8.20. The highest BCUT2D eigenvalue weighted by Crippen LogP contribution is 2.34. The van der Waals surface area contributed by atoms with Crippen LogP contribution in [0.4, 0.5) is 0 Å². The molecule has 6 nitrogen and oxygen atoms in total. The number of aryl methyl sites for hydroxylation is 1. The largest absolute Gasteiger partial charge is 0.487 e. The Bertz CT molecular complexity index is 1260. The van der Waals surface area contributed by atoms with E-state index in [2.05, 4.69) is 19.9 Å². The molecule has 0 aliphatic heterocycles. The Kier molecular flexibility index (Phi) is 6.34. The summed E-state index contributed by atoms with van der Waals surface area (Å²) >= 11 is 7.96. The number of para-hydroxylation sites is 1. The minimum Gasteiger partial charge on any atom is -0.487 e. The molecule has 0 unspecified atom stereocenters. The van der Waals surface area contributed by atoms with Crippen LogP contribution in [0, 0.1) is 6.92 Å². The topological polar surface area (TPSA) is 86.3 Å². The highest BCUT2D eigenvalue weighted by Gasteiger charge is 2.14. The van der Waals surface area contributed by atoms with Crippen LogP contribution in [0.3, 0.4) is 0 Å². The fourth-order valence-electron chi connectivity index (χ4n) is 3.14. The van der Waals surface area contributed by atoms with Crippen molar-refractivity contribution in [3.8, 4) is 5.75 Å². The van der Waals surface area contributed by atoms with Crippen LogP contribution in [0.15, 0.2) is 76.0 Å². The summed E-state index contributed by atoms with van der Waals surface area (Å²) in [6, 6.07) is 13.5. The van der Waals surface area contributed by atoms with Gasteiger partial charge in [-0.3, -0.25) is 9.98 Å².